The van der Waals surface area contributed by atoms with Crippen LogP contribution in [0.3, 0.4) is 0 Å². The summed E-state index contributed by atoms with van der Waals surface area (Å²) >= 11 is 3.32. The molecule has 0 bridgehead atoms. The van der Waals surface area contributed by atoms with Gasteiger partial charge < -0.3 is 5.32 Å². The standard InChI is InChI=1S/C20H21N3OS2/c1-13(18(24)21-11-10-14-6-3-2-4-7-14)25-19-17-15-8-5-9-16(15)26-20(17)23-12-22-19/h2-4,6-7,12-13H,5,8-11H2,1H3,(H,21,24)/t13-/m1/s1. The van der Waals surface area contributed by atoms with Crippen molar-refractivity contribution in [2.45, 2.75) is 42.9 Å². The third kappa shape index (κ3) is 3.62. The van der Waals surface area contributed by atoms with Crippen LogP contribution in [-0.4, -0.2) is 27.7 Å². The molecule has 1 amide bonds. The van der Waals surface area contributed by atoms with Crippen molar-refractivity contribution in [3.63, 3.8) is 0 Å². The molecule has 6 heteroatoms. The number of nitrogens with one attached hydrogen (secondary N) is 1. The Kier molecular flexibility index (Phi) is 5.22. The fourth-order valence-electron chi connectivity index (χ4n) is 3.33. The van der Waals surface area contributed by atoms with Gasteiger partial charge in [-0.1, -0.05) is 42.1 Å². The molecular formula is C20H21N3OS2. The molecule has 3 aromatic rings. The van der Waals surface area contributed by atoms with Crippen LogP contribution in [0.15, 0.2) is 41.7 Å². The number of thioether (sulfide) groups is 1. The zero-order valence-electron chi connectivity index (χ0n) is 14.7. The van der Waals surface area contributed by atoms with E-state index in [0.29, 0.717) is 6.54 Å². The molecule has 0 spiro atoms. The van der Waals surface area contributed by atoms with Gasteiger partial charge in [0, 0.05) is 16.8 Å². The molecule has 26 heavy (non-hydrogen) atoms. The molecule has 134 valence electrons. The second-order valence-electron chi connectivity index (χ2n) is 6.50. The van der Waals surface area contributed by atoms with Gasteiger partial charge in [0.15, 0.2) is 0 Å². The lowest BCUT2D eigenvalue weighted by Gasteiger charge is -2.12. The molecule has 0 saturated carbocycles. The number of amides is 1. The van der Waals surface area contributed by atoms with E-state index in [2.05, 4.69) is 27.4 Å². The molecule has 0 unspecified atom stereocenters. The lowest BCUT2D eigenvalue weighted by atomic mass is 10.1. The van der Waals surface area contributed by atoms with Crippen LogP contribution in [0.2, 0.25) is 0 Å². The molecule has 4 rings (SSSR count). The van der Waals surface area contributed by atoms with E-state index in [9.17, 15) is 4.79 Å². The summed E-state index contributed by atoms with van der Waals surface area (Å²) < 4.78 is 0. The van der Waals surface area contributed by atoms with Gasteiger partial charge in [-0.05, 0) is 43.7 Å². The van der Waals surface area contributed by atoms with E-state index in [4.69, 9.17) is 0 Å². The summed E-state index contributed by atoms with van der Waals surface area (Å²) in [5.74, 6) is 0.0598. The first-order chi connectivity index (χ1) is 12.7. The minimum Gasteiger partial charge on any atom is -0.355 e. The highest BCUT2D eigenvalue weighted by Crippen LogP contribution is 2.40. The van der Waals surface area contributed by atoms with Crippen molar-refractivity contribution >= 4 is 39.2 Å². The number of benzene rings is 1. The summed E-state index contributed by atoms with van der Waals surface area (Å²) in [7, 11) is 0. The van der Waals surface area contributed by atoms with Crippen molar-refractivity contribution in [1.82, 2.24) is 15.3 Å². The Morgan fingerprint density at radius 2 is 2.12 bits per heavy atom. The maximum Gasteiger partial charge on any atom is 0.233 e. The molecule has 4 nitrogen and oxygen atoms in total. The Morgan fingerprint density at radius 1 is 1.27 bits per heavy atom. The molecule has 2 heterocycles. The monoisotopic (exact) mass is 383 g/mol. The van der Waals surface area contributed by atoms with Gasteiger partial charge in [-0.3, -0.25) is 4.79 Å². The van der Waals surface area contributed by atoms with Crippen molar-refractivity contribution in [3.8, 4) is 0 Å². The van der Waals surface area contributed by atoms with Crippen LogP contribution in [0, 0.1) is 0 Å². The molecule has 0 radical (unpaired) electrons. The molecule has 1 aliphatic rings. The van der Waals surface area contributed by atoms with Gasteiger partial charge in [-0.15, -0.1) is 11.3 Å². The number of hydrogen-bond acceptors (Lipinski definition) is 5. The Balaban J connectivity index is 1.41. The van der Waals surface area contributed by atoms with Crippen LogP contribution in [0.25, 0.3) is 10.2 Å². The number of thiophene rings is 1. The van der Waals surface area contributed by atoms with Gasteiger partial charge in [-0.2, -0.15) is 0 Å². The maximum atomic E-state index is 12.5. The number of aromatic nitrogens is 2. The largest absolute Gasteiger partial charge is 0.355 e. The molecule has 1 atom stereocenters. The van der Waals surface area contributed by atoms with Crippen molar-refractivity contribution in [2.24, 2.45) is 0 Å². The Hall–Kier alpha value is -1.92. The summed E-state index contributed by atoms with van der Waals surface area (Å²) in [5.41, 5.74) is 2.64. The number of carbonyl (C=O) groups is 1. The Morgan fingerprint density at radius 3 is 2.96 bits per heavy atom. The number of hydrogen-bond donors (Lipinski definition) is 1. The topological polar surface area (TPSA) is 54.9 Å². The highest BCUT2D eigenvalue weighted by Gasteiger charge is 2.23. The van der Waals surface area contributed by atoms with Crippen molar-refractivity contribution < 1.29 is 4.79 Å². The van der Waals surface area contributed by atoms with E-state index in [0.717, 1.165) is 29.1 Å². The van der Waals surface area contributed by atoms with Gasteiger partial charge >= 0.3 is 0 Å². The van der Waals surface area contributed by atoms with E-state index in [1.54, 1.807) is 29.4 Å². The van der Waals surface area contributed by atoms with Crippen LogP contribution < -0.4 is 5.32 Å². The smallest absolute Gasteiger partial charge is 0.233 e. The number of fused-ring (bicyclic) bond motifs is 3. The summed E-state index contributed by atoms with van der Waals surface area (Å²) in [6.45, 7) is 2.60. The molecule has 2 aromatic heterocycles. The van der Waals surface area contributed by atoms with Crippen LogP contribution in [-0.2, 0) is 24.1 Å². The molecule has 0 aliphatic heterocycles. The van der Waals surface area contributed by atoms with Gasteiger partial charge in [0.25, 0.3) is 0 Å². The highest BCUT2D eigenvalue weighted by atomic mass is 32.2. The molecule has 0 fully saturated rings. The van der Waals surface area contributed by atoms with Crippen molar-refractivity contribution in [2.75, 3.05) is 6.54 Å². The molecule has 0 saturated heterocycles. The predicted octanol–water partition coefficient (Wildman–Crippen LogP) is 4.02. The van der Waals surface area contributed by atoms with Crippen LogP contribution in [0.4, 0.5) is 0 Å². The van der Waals surface area contributed by atoms with Gasteiger partial charge in [0.05, 0.1) is 5.25 Å². The van der Waals surface area contributed by atoms with E-state index >= 15 is 0 Å². The Labute approximate surface area is 161 Å². The molecule has 1 N–H and O–H groups in total. The first-order valence-corrected chi connectivity index (χ1v) is 10.7. The first-order valence-electron chi connectivity index (χ1n) is 8.96. The second-order valence-corrected chi connectivity index (χ2v) is 8.92. The van der Waals surface area contributed by atoms with E-state index in [1.807, 2.05) is 25.1 Å². The zero-order valence-corrected chi connectivity index (χ0v) is 16.3. The summed E-state index contributed by atoms with van der Waals surface area (Å²) in [5, 5.41) is 4.99. The third-order valence-corrected chi connectivity index (χ3v) is 6.98. The van der Waals surface area contributed by atoms with Gasteiger partial charge in [0.1, 0.15) is 16.2 Å². The molecule has 1 aromatic carbocycles. The van der Waals surface area contributed by atoms with E-state index in [-0.39, 0.29) is 11.2 Å². The number of rotatable bonds is 6. The summed E-state index contributed by atoms with van der Waals surface area (Å²) in [4.78, 5) is 23.9. The second kappa shape index (κ2) is 7.76. The molecular weight excluding hydrogens is 362 g/mol. The quantitative estimate of drug-likeness (QED) is 0.516. The van der Waals surface area contributed by atoms with Gasteiger partial charge in [-0.25, -0.2) is 9.97 Å². The van der Waals surface area contributed by atoms with E-state index in [1.165, 1.54) is 27.8 Å². The van der Waals surface area contributed by atoms with Gasteiger partial charge in [0.2, 0.25) is 5.91 Å². The van der Waals surface area contributed by atoms with Crippen LogP contribution >= 0.6 is 23.1 Å². The fourth-order valence-corrected chi connectivity index (χ4v) is 5.59. The fraction of sp³-hybridized carbons (Fsp3) is 0.350. The van der Waals surface area contributed by atoms with E-state index < -0.39 is 0 Å². The normalized spacial score (nSPS) is 14.3. The lowest BCUT2D eigenvalue weighted by molar-refractivity contribution is -0.120. The minimum atomic E-state index is -0.180. The predicted molar refractivity (Wildman–Crippen MR) is 108 cm³/mol. The summed E-state index contributed by atoms with van der Waals surface area (Å²) in [6, 6.07) is 10.2. The third-order valence-electron chi connectivity index (χ3n) is 4.68. The first kappa shape index (κ1) is 17.5. The number of nitrogens with zero attached hydrogens (tertiary/aromatic N) is 2. The Bertz CT molecular complexity index is 923. The zero-order chi connectivity index (χ0) is 17.9. The SMILES string of the molecule is C[C@@H](Sc1ncnc2sc3c(c12)CCC3)C(=O)NCCc1ccccc1. The average Bonchev–Trinajstić information content (AvgIpc) is 3.23. The number of aryl methyl sites for hydroxylation is 2. The average molecular weight is 384 g/mol. The van der Waals surface area contributed by atoms with Crippen LogP contribution in [0.5, 0.6) is 0 Å². The maximum absolute atomic E-state index is 12.5. The number of carbonyl (C=O) groups excluding carboxylic acids is 1. The lowest BCUT2D eigenvalue weighted by Crippen LogP contribution is -2.32. The van der Waals surface area contributed by atoms with Crippen molar-refractivity contribution in [1.29, 1.82) is 0 Å². The van der Waals surface area contributed by atoms with Crippen molar-refractivity contribution in [3.05, 3.63) is 52.7 Å². The highest BCUT2D eigenvalue weighted by molar-refractivity contribution is 8.00. The van der Waals surface area contributed by atoms with Crippen LogP contribution in [0.1, 0.15) is 29.3 Å². The summed E-state index contributed by atoms with van der Waals surface area (Å²) in [6.07, 6.45) is 5.94. The molecule has 1 aliphatic carbocycles. The minimum absolute atomic E-state index is 0.0598.